The molecule has 21 heterocycles. The Morgan fingerprint density at radius 3 is 1.35 bits per heavy atom. The molecule has 21 N–H and O–H groups in total. The van der Waals surface area contributed by atoms with Crippen molar-refractivity contribution in [3.05, 3.63) is 125 Å². The van der Waals surface area contributed by atoms with Crippen molar-refractivity contribution >= 4 is 172 Å². The molecule has 6 bridgehead atoms. The van der Waals surface area contributed by atoms with Crippen LogP contribution in [0.15, 0.2) is 85.6 Å². The lowest BCUT2D eigenvalue weighted by atomic mass is 10.0. The monoisotopic (exact) mass is 2090 g/mol. The standard InChI is InChI=1S/C20H22ClN9O13P2.C20H22FN9O10P2S3.C20H23N9O14P2/c21-8-12-7(41-18(8)29-4-25-9-14(29)23-3-24-16(9)32)2-39-45(36,37)43-13-11(31)6(1-38-44(34,35)42-12)40-19(13)30-5-26-10-15(30)27-20(22)28-17(10)33;21-8-12-6(38-18(8)29-4-25-9-14(29)23-3-24-16(9)32)1-36-41(34,43)40-13-11(31)7(2-37-42(35,44)39-12)45-19(13)30-5-26-10-15(30)27-20(22)28-17(10)33;21-19-26-16-9(17(32)27-19)24-5-28(16)18-14-10(30)7(41-18)2-38-44(34,35)42-13-8(3-39-45(36,37)43-14)40-12(11(13)31)6-1-25-29-15(6)22-4-23-20(29)33/h3-8,11-13,18-19,31H,1-2H2,(H,34,35)(H,36,37)(H,23,24,32)(H3,22,27,28,33);3-8,11-13,18-19,31H,1-2H2,(H,34,43)(H,35,44)(H,23,24,32)(H3,22,27,28,33);1,4-5,7-8,10-14,18,30-31H,2-3H2,(H,34,35)(H,36,37)(H,22,23,33)(H3,21,26,27,32)/t6-,7-,8+,11-,12-,13-,18-,19-;6-,7-,8+,11-,12-,13-,18-,19-,41?,42?;7-,8-,10?,11?,12+,13+,14+,18-/m111/s1. The van der Waals surface area contributed by atoms with Crippen molar-refractivity contribution in [1.82, 2.24) is 117 Å². The highest BCUT2D eigenvalue weighted by molar-refractivity contribution is 8.44. The predicted octanol–water partition coefficient (Wildman–Crippen LogP) is -4.06. The quantitative estimate of drug-likeness (QED) is 0.0428. The number of halogens is 2. The van der Waals surface area contributed by atoms with Crippen LogP contribution in [0.3, 0.4) is 0 Å². The van der Waals surface area contributed by atoms with E-state index in [4.69, 9.17) is 119 Å². The van der Waals surface area contributed by atoms with Gasteiger partial charge in [0.15, 0.2) is 92.5 Å². The van der Waals surface area contributed by atoms with Crippen LogP contribution in [0.4, 0.5) is 22.2 Å². The molecule has 726 valence electrons. The maximum Gasteiger partial charge on any atom is 0.472 e. The summed E-state index contributed by atoms with van der Waals surface area (Å²) < 4.78 is 182. The largest absolute Gasteiger partial charge is 0.472 e. The van der Waals surface area contributed by atoms with Gasteiger partial charge in [-0.1, -0.05) is 12.2 Å². The van der Waals surface area contributed by atoms with E-state index in [0.717, 1.165) is 67.9 Å². The number of rotatable bonds is 6. The number of H-pyrrole nitrogens is 6. The van der Waals surface area contributed by atoms with E-state index in [1.54, 1.807) is 0 Å². The Labute approximate surface area is 761 Å². The first kappa shape index (κ1) is 95.1. The lowest BCUT2D eigenvalue weighted by Crippen LogP contribution is -2.36. The van der Waals surface area contributed by atoms with E-state index in [1.165, 1.54) is 28.0 Å². The fourth-order valence-corrected chi connectivity index (χ4v) is 24.7. The van der Waals surface area contributed by atoms with Gasteiger partial charge in [0.25, 0.3) is 27.8 Å². The number of hydrogen-bond donors (Lipinski definition) is 19. The average Bonchev–Trinajstić information content (AvgIpc) is 1.63. The van der Waals surface area contributed by atoms with Crippen molar-refractivity contribution in [1.29, 1.82) is 0 Å². The van der Waals surface area contributed by atoms with Crippen LogP contribution in [0, 0.1) is 0 Å². The van der Waals surface area contributed by atoms with Gasteiger partial charge in [0, 0.05) is 5.56 Å². The molecule has 0 spiro atoms. The summed E-state index contributed by atoms with van der Waals surface area (Å²) >= 11 is 16.9. The van der Waals surface area contributed by atoms with E-state index >= 15 is 4.39 Å². The van der Waals surface area contributed by atoms with Gasteiger partial charge in [-0.2, -0.15) is 24.6 Å². The van der Waals surface area contributed by atoms with Crippen molar-refractivity contribution in [3.63, 3.8) is 0 Å². The minimum Gasteiger partial charge on any atom is -0.389 e. The van der Waals surface area contributed by atoms with Crippen LogP contribution in [-0.4, -0.2) is 310 Å². The molecule has 135 heavy (non-hydrogen) atoms. The zero-order chi connectivity index (χ0) is 95.5. The summed E-state index contributed by atoms with van der Waals surface area (Å²) in [5, 5.41) is 45.1. The lowest BCUT2D eigenvalue weighted by molar-refractivity contribution is -0.0670. The molecule has 12 aromatic heterocycles. The summed E-state index contributed by atoms with van der Waals surface area (Å²) in [6.07, 6.45) is -22.3. The van der Waals surface area contributed by atoms with E-state index in [-0.39, 0.29) is 84.9 Å². The van der Waals surface area contributed by atoms with E-state index in [2.05, 4.69) is 102 Å². The van der Waals surface area contributed by atoms with Gasteiger partial charge in [-0.05, 0) is 11.8 Å². The molecule has 9 aliphatic rings. The van der Waals surface area contributed by atoms with Gasteiger partial charge in [-0.25, -0.2) is 71.9 Å². The van der Waals surface area contributed by atoms with Gasteiger partial charge < -0.3 is 100 Å². The maximum atomic E-state index is 16.0. The number of thiol groups is 1. The molecule has 9 aliphatic heterocycles. The van der Waals surface area contributed by atoms with Gasteiger partial charge in [-0.15, -0.1) is 23.4 Å². The van der Waals surface area contributed by atoms with Crippen LogP contribution in [0.5, 0.6) is 0 Å². The molecule has 0 radical (unpaired) electrons. The van der Waals surface area contributed by atoms with Gasteiger partial charge in [0.2, 0.25) is 17.8 Å². The Morgan fingerprint density at radius 1 is 0.437 bits per heavy atom. The van der Waals surface area contributed by atoms with E-state index in [0.29, 0.717) is 0 Å². The summed E-state index contributed by atoms with van der Waals surface area (Å²) in [7, 11) is -20.3. The number of nitrogens with zero attached hydrogens (tertiary/aromatic N) is 18. The maximum absolute atomic E-state index is 16.0. The number of nitrogens with one attached hydrogen (secondary N) is 6. The second-order valence-corrected chi connectivity index (χ2v) is 43.4. The number of thioether (sulfide) groups is 1. The third-order valence-electron chi connectivity index (χ3n) is 21.8. The number of fused-ring (bicyclic) bond motifs is 15. The number of phosphoric ester groups is 4. The van der Waals surface area contributed by atoms with Crippen LogP contribution < -0.4 is 50.7 Å². The number of ether oxygens (including phenoxy) is 5. The van der Waals surface area contributed by atoms with Crippen LogP contribution >= 0.6 is 80.4 Å². The smallest absolute Gasteiger partial charge is 0.389 e. The minimum atomic E-state index is -5.13. The molecule has 21 rings (SSSR count). The molecule has 75 heteroatoms. The summed E-state index contributed by atoms with van der Waals surface area (Å²) in [6, 6.07) is 0. The minimum absolute atomic E-state index is 0.00268. The molecule has 0 aromatic carbocycles. The third kappa shape index (κ3) is 18.4. The molecule has 0 aliphatic carbocycles. The van der Waals surface area contributed by atoms with Crippen molar-refractivity contribution in [3.8, 4) is 0 Å². The molecule has 64 nitrogen and oxygen atoms in total. The molecule has 0 saturated carbocycles. The number of nitrogens with two attached hydrogens (primary N) is 3. The number of alkyl halides is 2. The molecular formula is C60H67ClFN27O37P6S3. The Hall–Kier alpha value is -8.82. The number of aromatic nitrogens is 24. The number of aromatic amines is 6. The van der Waals surface area contributed by atoms with Gasteiger partial charge in [0.1, 0.15) is 102 Å². The van der Waals surface area contributed by atoms with Crippen LogP contribution in [-0.2, 0) is 113 Å². The molecule has 30 atom stereocenters. The predicted molar refractivity (Wildman–Crippen MR) is 447 cm³/mol. The van der Waals surface area contributed by atoms with Crippen molar-refractivity contribution in [2.45, 2.75) is 145 Å². The number of aliphatic hydroxyl groups excluding tert-OH is 4. The Kier molecular flexibility index (Phi) is 25.4. The normalized spacial score (nSPS) is 37.7. The number of nitrogen functional groups attached to an aromatic ring is 3. The van der Waals surface area contributed by atoms with Crippen LogP contribution in [0.2, 0.25) is 0 Å². The Bertz CT molecular complexity index is 6690. The Balaban J connectivity index is 0.000000130. The van der Waals surface area contributed by atoms with E-state index < -0.39 is 263 Å². The van der Waals surface area contributed by atoms with Crippen molar-refractivity contribution < 1.29 is 150 Å². The molecule has 8 unspecified atom stereocenters. The summed E-state index contributed by atoms with van der Waals surface area (Å²) in [5.74, 6) is -0.768. The second-order valence-electron chi connectivity index (χ2n) is 30.3. The molecule has 9 saturated heterocycles. The highest BCUT2D eigenvalue weighted by Crippen LogP contribution is 2.62. The van der Waals surface area contributed by atoms with Crippen LogP contribution in [0.1, 0.15) is 42.0 Å². The third-order valence-corrected chi connectivity index (χ3v) is 31.0. The first-order chi connectivity index (χ1) is 63.9. The number of hydrogen-bond acceptors (Lipinski definition) is 49. The summed E-state index contributed by atoms with van der Waals surface area (Å²) in [4.78, 5) is 185. The fourth-order valence-electron chi connectivity index (χ4n) is 15.8. The van der Waals surface area contributed by atoms with Gasteiger partial charge >= 0.3 is 50.5 Å². The summed E-state index contributed by atoms with van der Waals surface area (Å²) in [6.45, 7) is -12.9. The lowest BCUT2D eigenvalue weighted by Gasteiger charge is -2.27. The number of phosphoric acid groups is 4. The Morgan fingerprint density at radius 2 is 0.837 bits per heavy atom. The first-order valence-corrected chi connectivity index (χ1v) is 51.4. The summed E-state index contributed by atoms with van der Waals surface area (Å²) in [5.41, 5.74) is 12.6. The van der Waals surface area contributed by atoms with Gasteiger partial charge in [0.05, 0.1) is 108 Å². The molecule has 0 amide bonds. The molecule has 12 aromatic rings. The molecule has 9 fully saturated rings. The topological polar surface area (TPSA) is 883 Å². The average molecular weight is 2090 g/mol. The van der Waals surface area contributed by atoms with E-state index in [1.807, 2.05) is 0 Å². The first-order valence-electron chi connectivity index (χ1n) is 38.7. The number of anilines is 3. The number of imidazole rings is 5. The van der Waals surface area contributed by atoms with E-state index in [9.17, 15) is 96.5 Å². The zero-order valence-electron chi connectivity index (χ0n) is 66.7. The van der Waals surface area contributed by atoms with Crippen LogP contribution in [0.25, 0.3) is 61.5 Å². The van der Waals surface area contributed by atoms with Gasteiger partial charge in [-0.3, -0.25) is 117 Å². The molecular weight excluding hydrogens is 2030 g/mol. The number of aliphatic hydroxyl groups is 4. The highest BCUT2D eigenvalue weighted by Gasteiger charge is 2.59. The van der Waals surface area contributed by atoms with Crippen molar-refractivity contribution in [2.75, 3.05) is 56.8 Å². The van der Waals surface area contributed by atoms with Crippen molar-refractivity contribution in [2.24, 2.45) is 0 Å². The SMILES string of the molecule is Nc1nc2c(ncn2[C@@H]2O[C@@H]3COP(=O)(O)O[C@@H]4C(O)[C@H](c5cnn6c(=O)[nH]cnc56)O[C@@H]4COP(=O)(O)O[C@H]2C3O)c(=O)[nH]1.Nc1nc2c(ncn2[C@@H]2O[C@@H]3COP(=O)(O)O[C@H]4[C@H](Cl)[C@H](n5cnc6c(=O)[nH]cnc65)O[C@@H]4COP(=O)(O)O[C@@H]2[C@@H]3O)c(=O)[nH]1.Nc1nc2c(ncn2[C@@H]2S[C@@H]3COP(O)(=S)O[C@H]4[C@H](F)[C@H](n5cnc6c(=O)[nH]cnc65)O[C@@H]4COP(=O)(S)O[C@@H]2[C@@H]3O)c(=O)[nH]1. The second kappa shape index (κ2) is 36.1. The highest BCUT2D eigenvalue weighted by atomic mass is 35.5. The fraction of sp³-hybridized carbons (Fsp3) is 0.500. The zero-order valence-corrected chi connectivity index (χ0v) is 75.4.